The lowest BCUT2D eigenvalue weighted by Crippen LogP contribution is -2.38. The number of nitrogens with zero attached hydrogens (tertiary/aromatic N) is 3. The molecule has 1 amide bonds. The van der Waals surface area contributed by atoms with Crippen molar-refractivity contribution in [3.63, 3.8) is 0 Å². The zero-order valence-corrected chi connectivity index (χ0v) is 20.6. The normalized spacial score (nSPS) is 12.8. The van der Waals surface area contributed by atoms with E-state index < -0.39 is 6.09 Å². The molecule has 0 fully saturated rings. The Balaban J connectivity index is 1.61. The van der Waals surface area contributed by atoms with E-state index in [-0.39, 0.29) is 12.6 Å². The predicted octanol–water partition coefficient (Wildman–Crippen LogP) is 4.12. The summed E-state index contributed by atoms with van der Waals surface area (Å²) in [6.45, 7) is 7.25. The fraction of sp³-hybridized carbons (Fsp3) is 0.333. The lowest BCUT2D eigenvalue weighted by Gasteiger charge is -2.23. The molecule has 4 N–H and O–H groups in total. The second-order valence-electron chi connectivity index (χ2n) is 9.07. The lowest BCUT2D eigenvalue weighted by molar-refractivity contribution is 0.155. The third kappa shape index (κ3) is 6.16. The Hall–Kier alpha value is -3.46. The summed E-state index contributed by atoms with van der Waals surface area (Å²) < 4.78 is 5.48. The number of benzene rings is 2. The molecule has 0 aliphatic carbocycles. The van der Waals surface area contributed by atoms with Gasteiger partial charge in [0.25, 0.3) is 0 Å². The standard InChI is InChI=1S/C27H34N6O2/c1-19(2)33-26-23(16-29-33)25(31-27(34)35-18-20-8-5-4-6-9-20)15-24(30-26)22-11-7-10-21(14-22)17-32(3)13-12-28/h4-11,14-15,19,29H,12-13,16-18,28H2,1-3H3,(H,30,31,34). The highest BCUT2D eigenvalue weighted by molar-refractivity contribution is 5.89. The van der Waals surface area contributed by atoms with Crippen molar-refractivity contribution in [2.24, 2.45) is 5.73 Å². The number of anilines is 2. The first-order valence-corrected chi connectivity index (χ1v) is 12.0. The smallest absolute Gasteiger partial charge is 0.411 e. The number of nitrogens with two attached hydrogens (primary N) is 1. The van der Waals surface area contributed by atoms with Crippen LogP contribution in [-0.2, 0) is 24.4 Å². The average molecular weight is 475 g/mol. The number of rotatable bonds is 9. The van der Waals surface area contributed by atoms with Crippen LogP contribution in [0.4, 0.5) is 16.3 Å². The van der Waals surface area contributed by atoms with Gasteiger partial charge in [-0.25, -0.2) is 15.2 Å². The van der Waals surface area contributed by atoms with E-state index in [1.165, 1.54) is 5.56 Å². The minimum atomic E-state index is -0.492. The molecule has 0 saturated heterocycles. The second-order valence-corrected chi connectivity index (χ2v) is 9.07. The van der Waals surface area contributed by atoms with Crippen LogP contribution < -0.4 is 21.5 Å². The molecule has 4 rings (SSSR count). The number of aromatic nitrogens is 1. The molecule has 3 aromatic rings. The van der Waals surface area contributed by atoms with Crippen LogP contribution >= 0.6 is 0 Å². The molecular formula is C27H34N6O2. The van der Waals surface area contributed by atoms with E-state index in [1.54, 1.807) is 0 Å². The van der Waals surface area contributed by atoms with Crippen LogP contribution in [0.3, 0.4) is 0 Å². The predicted molar refractivity (Wildman–Crippen MR) is 140 cm³/mol. The topological polar surface area (TPSA) is 95.8 Å². The summed E-state index contributed by atoms with van der Waals surface area (Å²) in [4.78, 5) is 19.9. The van der Waals surface area contributed by atoms with Crippen molar-refractivity contribution in [2.45, 2.75) is 39.6 Å². The Morgan fingerprint density at radius 2 is 1.94 bits per heavy atom. The summed E-state index contributed by atoms with van der Waals surface area (Å²) >= 11 is 0. The van der Waals surface area contributed by atoms with Crippen LogP contribution in [0.5, 0.6) is 0 Å². The molecule has 0 radical (unpaired) electrons. The van der Waals surface area contributed by atoms with E-state index in [0.717, 1.165) is 41.3 Å². The summed E-state index contributed by atoms with van der Waals surface area (Å²) in [5, 5.41) is 5.00. The van der Waals surface area contributed by atoms with E-state index >= 15 is 0 Å². The Morgan fingerprint density at radius 3 is 2.69 bits per heavy atom. The zero-order valence-electron chi connectivity index (χ0n) is 20.6. The van der Waals surface area contributed by atoms with Crippen LogP contribution in [0, 0.1) is 0 Å². The quantitative estimate of drug-likeness (QED) is 0.429. The van der Waals surface area contributed by atoms with Crippen LogP contribution in [0.25, 0.3) is 11.3 Å². The number of ether oxygens (including phenoxy) is 1. The van der Waals surface area contributed by atoms with E-state index in [0.29, 0.717) is 18.8 Å². The Labute approximate surface area is 207 Å². The molecule has 8 heteroatoms. The number of hydrogen-bond donors (Lipinski definition) is 3. The van der Waals surface area contributed by atoms with Gasteiger partial charge in [-0.15, -0.1) is 0 Å². The number of carbonyl (C=O) groups is 1. The van der Waals surface area contributed by atoms with Gasteiger partial charge in [0.2, 0.25) is 0 Å². The minimum absolute atomic E-state index is 0.202. The maximum absolute atomic E-state index is 12.7. The molecule has 1 aliphatic rings. The van der Waals surface area contributed by atoms with Gasteiger partial charge in [-0.1, -0.05) is 48.5 Å². The second kappa shape index (κ2) is 11.3. The molecule has 184 valence electrons. The molecule has 2 heterocycles. The summed E-state index contributed by atoms with van der Waals surface area (Å²) in [5.74, 6) is 0.821. The molecule has 0 unspecified atom stereocenters. The monoisotopic (exact) mass is 474 g/mol. The summed E-state index contributed by atoms with van der Waals surface area (Å²) in [7, 11) is 2.06. The highest BCUT2D eigenvalue weighted by atomic mass is 16.5. The maximum atomic E-state index is 12.7. The van der Waals surface area contributed by atoms with Crippen LogP contribution in [-0.4, -0.2) is 42.2 Å². The van der Waals surface area contributed by atoms with Gasteiger partial charge in [0, 0.05) is 43.3 Å². The zero-order chi connectivity index (χ0) is 24.8. The molecule has 0 saturated carbocycles. The Morgan fingerprint density at radius 1 is 1.17 bits per heavy atom. The number of carbonyl (C=O) groups excluding carboxylic acids is 1. The third-order valence-corrected chi connectivity index (χ3v) is 5.91. The highest BCUT2D eigenvalue weighted by Gasteiger charge is 2.27. The van der Waals surface area contributed by atoms with Gasteiger partial charge in [-0.05, 0) is 44.2 Å². The SMILES string of the molecule is CC(C)N1NCc2c(NC(=O)OCc3ccccc3)cc(-c3cccc(CN(C)CCN)c3)nc21. The average Bonchev–Trinajstić information content (AvgIpc) is 3.28. The van der Waals surface area contributed by atoms with E-state index in [9.17, 15) is 4.79 Å². The van der Waals surface area contributed by atoms with E-state index in [1.807, 2.05) is 53.5 Å². The number of nitrogens with one attached hydrogen (secondary N) is 2. The number of likely N-dealkylation sites (N-methyl/N-ethyl adjacent to an activating group) is 1. The van der Waals surface area contributed by atoms with Gasteiger partial charge in [0.05, 0.1) is 11.4 Å². The molecule has 1 aliphatic heterocycles. The number of amides is 1. The molecule has 0 atom stereocenters. The highest BCUT2D eigenvalue weighted by Crippen LogP contribution is 2.35. The number of hydrazine groups is 1. The van der Waals surface area contributed by atoms with Gasteiger partial charge in [0.1, 0.15) is 12.4 Å². The summed E-state index contributed by atoms with van der Waals surface area (Å²) in [6, 6.07) is 20.1. The Bertz CT molecular complexity index is 1150. The molecule has 2 aromatic carbocycles. The van der Waals surface area contributed by atoms with Gasteiger partial charge in [-0.2, -0.15) is 0 Å². The van der Waals surface area contributed by atoms with Crippen LogP contribution in [0.15, 0.2) is 60.7 Å². The molecule has 0 bridgehead atoms. The van der Waals surface area contributed by atoms with Gasteiger partial charge in [-0.3, -0.25) is 10.3 Å². The number of fused-ring (bicyclic) bond motifs is 1. The molecule has 35 heavy (non-hydrogen) atoms. The van der Waals surface area contributed by atoms with Crippen LogP contribution in [0.1, 0.15) is 30.5 Å². The van der Waals surface area contributed by atoms with Crippen molar-refractivity contribution in [3.05, 3.63) is 77.4 Å². The van der Waals surface area contributed by atoms with Gasteiger partial charge < -0.3 is 15.4 Å². The summed E-state index contributed by atoms with van der Waals surface area (Å²) in [6.07, 6.45) is -0.492. The molecule has 8 nitrogen and oxygen atoms in total. The van der Waals surface area contributed by atoms with Crippen LogP contribution in [0.2, 0.25) is 0 Å². The first kappa shape index (κ1) is 24.7. The van der Waals surface area contributed by atoms with Crippen molar-refractivity contribution in [1.29, 1.82) is 0 Å². The number of hydrogen-bond acceptors (Lipinski definition) is 7. The van der Waals surface area contributed by atoms with Gasteiger partial charge in [0.15, 0.2) is 0 Å². The first-order valence-electron chi connectivity index (χ1n) is 12.0. The van der Waals surface area contributed by atoms with Crippen molar-refractivity contribution in [1.82, 2.24) is 15.3 Å². The van der Waals surface area contributed by atoms with Crippen molar-refractivity contribution in [2.75, 3.05) is 30.5 Å². The third-order valence-electron chi connectivity index (χ3n) is 5.91. The molecular weight excluding hydrogens is 440 g/mol. The largest absolute Gasteiger partial charge is 0.444 e. The van der Waals surface area contributed by atoms with Crippen molar-refractivity contribution >= 4 is 17.6 Å². The maximum Gasteiger partial charge on any atom is 0.411 e. The first-order chi connectivity index (χ1) is 16.9. The van der Waals surface area contributed by atoms with Crippen molar-refractivity contribution < 1.29 is 9.53 Å². The van der Waals surface area contributed by atoms with E-state index in [4.69, 9.17) is 15.5 Å². The van der Waals surface area contributed by atoms with Crippen molar-refractivity contribution in [3.8, 4) is 11.3 Å². The number of pyridine rings is 1. The molecule has 1 aromatic heterocycles. The lowest BCUT2D eigenvalue weighted by atomic mass is 10.0. The molecule has 0 spiro atoms. The van der Waals surface area contributed by atoms with E-state index in [2.05, 4.69) is 48.7 Å². The van der Waals surface area contributed by atoms with Gasteiger partial charge >= 0.3 is 6.09 Å². The summed E-state index contributed by atoms with van der Waals surface area (Å²) in [5.41, 5.74) is 14.6. The fourth-order valence-electron chi connectivity index (χ4n) is 4.17. The Kier molecular flexibility index (Phi) is 7.97. The minimum Gasteiger partial charge on any atom is -0.444 e. The fourth-order valence-corrected chi connectivity index (χ4v) is 4.17.